The highest BCUT2D eigenvalue weighted by Crippen LogP contribution is 2.20. The quantitative estimate of drug-likeness (QED) is 0.736. The number of carbonyl (C=O) groups excluding carboxylic acids is 3. The molecular formula is C20H30N4O4. The molecule has 4 amide bonds. The van der Waals surface area contributed by atoms with Gasteiger partial charge in [-0.05, 0) is 31.0 Å². The van der Waals surface area contributed by atoms with E-state index in [1.807, 2.05) is 19.9 Å². The number of hydrogen-bond acceptors (Lipinski definition) is 4. The lowest BCUT2D eigenvalue weighted by atomic mass is 10.1. The first kappa shape index (κ1) is 21.5. The first-order valence-electron chi connectivity index (χ1n) is 9.69. The van der Waals surface area contributed by atoms with E-state index in [0.717, 1.165) is 12.0 Å². The molecule has 0 saturated carbocycles. The van der Waals surface area contributed by atoms with Crippen LogP contribution in [0.25, 0.3) is 0 Å². The van der Waals surface area contributed by atoms with Crippen molar-refractivity contribution in [3.05, 3.63) is 29.3 Å². The largest absolute Gasteiger partial charge is 0.496 e. The van der Waals surface area contributed by atoms with Crippen LogP contribution in [-0.2, 0) is 4.79 Å². The van der Waals surface area contributed by atoms with Crippen LogP contribution in [0.5, 0.6) is 5.75 Å². The zero-order valence-corrected chi connectivity index (χ0v) is 16.9. The lowest BCUT2D eigenvalue weighted by Gasteiger charge is -2.34. The fraction of sp³-hybridized carbons (Fsp3) is 0.550. The molecule has 0 radical (unpaired) electrons. The summed E-state index contributed by atoms with van der Waals surface area (Å²) < 4.78 is 5.29. The lowest BCUT2D eigenvalue weighted by Crippen LogP contribution is -2.53. The average molecular weight is 390 g/mol. The van der Waals surface area contributed by atoms with Crippen LogP contribution in [-0.4, -0.2) is 74.0 Å². The number of urea groups is 1. The maximum atomic E-state index is 12.7. The molecule has 0 unspecified atom stereocenters. The van der Waals surface area contributed by atoms with Crippen molar-refractivity contribution in [3.8, 4) is 5.75 Å². The van der Waals surface area contributed by atoms with E-state index in [1.165, 1.54) is 0 Å². The number of aryl methyl sites for hydroxylation is 1. The molecule has 8 nitrogen and oxygen atoms in total. The predicted octanol–water partition coefficient (Wildman–Crippen LogP) is 1.39. The molecule has 1 saturated heterocycles. The molecule has 0 aliphatic carbocycles. The smallest absolute Gasteiger partial charge is 0.317 e. The van der Waals surface area contributed by atoms with Crippen molar-refractivity contribution >= 4 is 17.8 Å². The Balaban J connectivity index is 1.78. The van der Waals surface area contributed by atoms with Crippen molar-refractivity contribution in [3.63, 3.8) is 0 Å². The first-order valence-corrected chi connectivity index (χ1v) is 9.69. The molecule has 28 heavy (non-hydrogen) atoms. The normalized spacial score (nSPS) is 13.8. The Kier molecular flexibility index (Phi) is 8.10. The number of nitrogens with one attached hydrogen (secondary N) is 2. The van der Waals surface area contributed by atoms with Crippen LogP contribution in [0.1, 0.15) is 35.7 Å². The Morgan fingerprint density at radius 3 is 2.36 bits per heavy atom. The molecule has 2 N–H and O–H groups in total. The molecule has 154 valence electrons. The van der Waals surface area contributed by atoms with Crippen LogP contribution in [0, 0.1) is 6.92 Å². The summed E-state index contributed by atoms with van der Waals surface area (Å²) >= 11 is 0. The Bertz CT molecular complexity index is 699. The summed E-state index contributed by atoms with van der Waals surface area (Å²) in [5, 5.41) is 5.54. The van der Waals surface area contributed by atoms with Crippen LogP contribution in [0.4, 0.5) is 4.79 Å². The number of rotatable bonds is 7. The zero-order chi connectivity index (χ0) is 20.5. The molecule has 1 aromatic carbocycles. The number of piperazine rings is 1. The molecule has 0 bridgehead atoms. The highest BCUT2D eigenvalue weighted by Gasteiger charge is 2.25. The summed E-state index contributed by atoms with van der Waals surface area (Å²) in [6.45, 7) is 6.73. The van der Waals surface area contributed by atoms with E-state index in [1.54, 1.807) is 29.0 Å². The summed E-state index contributed by atoms with van der Waals surface area (Å²) in [6.07, 6.45) is 1.15. The third-order valence-electron chi connectivity index (χ3n) is 4.71. The summed E-state index contributed by atoms with van der Waals surface area (Å²) in [5.41, 5.74) is 1.56. The molecule has 0 aromatic heterocycles. The molecule has 1 fully saturated rings. The van der Waals surface area contributed by atoms with Crippen LogP contribution in [0.3, 0.4) is 0 Å². The highest BCUT2D eigenvalue weighted by molar-refractivity contribution is 5.95. The number of ether oxygens (including phenoxy) is 1. The molecule has 0 spiro atoms. The summed E-state index contributed by atoms with van der Waals surface area (Å²) in [5.74, 6) is 0.559. The maximum Gasteiger partial charge on any atom is 0.317 e. The number of nitrogens with zero attached hydrogens (tertiary/aromatic N) is 2. The number of amides is 4. The second kappa shape index (κ2) is 10.5. The third kappa shape index (κ3) is 5.87. The van der Waals surface area contributed by atoms with Gasteiger partial charge in [0.25, 0.3) is 5.91 Å². The van der Waals surface area contributed by atoms with E-state index in [-0.39, 0.29) is 24.3 Å². The minimum Gasteiger partial charge on any atom is -0.496 e. The molecule has 1 heterocycles. The van der Waals surface area contributed by atoms with Crippen molar-refractivity contribution in [1.29, 1.82) is 0 Å². The van der Waals surface area contributed by atoms with Crippen LogP contribution >= 0.6 is 0 Å². The average Bonchev–Trinajstić information content (AvgIpc) is 2.72. The van der Waals surface area contributed by atoms with Crippen LogP contribution in [0.2, 0.25) is 0 Å². The minimum absolute atomic E-state index is 0.0638. The number of methoxy groups -OCH3 is 1. The van der Waals surface area contributed by atoms with Crippen LogP contribution < -0.4 is 15.4 Å². The highest BCUT2D eigenvalue weighted by atomic mass is 16.5. The molecule has 1 aliphatic rings. The number of hydrogen-bond donors (Lipinski definition) is 2. The molecule has 8 heteroatoms. The summed E-state index contributed by atoms with van der Waals surface area (Å²) in [6, 6.07) is 5.21. The Morgan fingerprint density at radius 2 is 1.71 bits per heavy atom. The Labute approximate surface area is 166 Å². The van der Waals surface area contributed by atoms with E-state index in [4.69, 9.17) is 4.74 Å². The van der Waals surface area contributed by atoms with Gasteiger partial charge in [0, 0.05) is 51.3 Å². The van der Waals surface area contributed by atoms with Gasteiger partial charge >= 0.3 is 6.03 Å². The number of benzene rings is 1. The van der Waals surface area contributed by atoms with Gasteiger partial charge in [-0.1, -0.05) is 13.0 Å². The number of carbonyl (C=O) groups is 3. The van der Waals surface area contributed by atoms with E-state index in [9.17, 15) is 14.4 Å². The van der Waals surface area contributed by atoms with Crippen molar-refractivity contribution in [2.75, 3.05) is 46.4 Å². The van der Waals surface area contributed by atoms with Crippen molar-refractivity contribution in [2.45, 2.75) is 26.7 Å². The van der Waals surface area contributed by atoms with Crippen molar-refractivity contribution < 1.29 is 19.1 Å². The Hall–Kier alpha value is -2.77. The third-order valence-corrected chi connectivity index (χ3v) is 4.71. The lowest BCUT2D eigenvalue weighted by molar-refractivity contribution is -0.120. The van der Waals surface area contributed by atoms with Gasteiger partial charge in [-0.2, -0.15) is 0 Å². The molecule has 0 atom stereocenters. The van der Waals surface area contributed by atoms with Gasteiger partial charge in [-0.3, -0.25) is 9.59 Å². The second-order valence-electron chi connectivity index (χ2n) is 6.80. The second-order valence-corrected chi connectivity index (χ2v) is 6.80. The van der Waals surface area contributed by atoms with Crippen molar-refractivity contribution in [2.24, 2.45) is 0 Å². The van der Waals surface area contributed by atoms with Crippen molar-refractivity contribution in [1.82, 2.24) is 20.4 Å². The van der Waals surface area contributed by atoms with E-state index >= 15 is 0 Å². The SMILES string of the molecule is CCCNC(=O)CCNC(=O)N1CCN(C(=O)c2ccc(C)c(OC)c2)CC1. The van der Waals surface area contributed by atoms with Gasteiger partial charge in [0.2, 0.25) is 5.91 Å². The summed E-state index contributed by atoms with van der Waals surface area (Å²) in [7, 11) is 1.58. The monoisotopic (exact) mass is 390 g/mol. The topological polar surface area (TPSA) is 91.0 Å². The van der Waals surface area contributed by atoms with Gasteiger partial charge < -0.3 is 25.2 Å². The predicted molar refractivity (Wildman–Crippen MR) is 107 cm³/mol. The fourth-order valence-electron chi connectivity index (χ4n) is 3.00. The van der Waals surface area contributed by atoms with Gasteiger partial charge in [0.15, 0.2) is 0 Å². The minimum atomic E-state index is -0.201. The molecule has 1 aromatic rings. The molecule has 1 aliphatic heterocycles. The molecular weight excluding hydrogens is 360 g/mol. The van der Waals surface area contributed by atoms with E-state index < -0.39 is 0 Å². The maximum absolute atomic E-state index is 12.7. The van der Waals surface area contributed by atoms with Gasteiger partial charge in [-0.15, -0.1) is 0 Å². The van der Waals surface area contributed by atoms with Gasteiger partial charge in [0.1, 0.15) is 5.75 Å². The van der Waals surface area contributed by atoms with Gasteiger partial charge in [-0.25, -0.2) is 4.79 Å². The standard InChI is InChI=1S/C20H30N4O4/c1-4-8-21-18(25)7-9-22-20(27)24-12-10-23(11-13-24)19(26)16-6-5-15(2)17(14-16)28-3/h5-6,14H,4,7-13H2,1-3H3,(H,21,25)(H,22,27). The molecule has 2 rings (SSSR count). The van der Waals surface area contributed by atoms with Crippen LogP contribution in [0.15, 0.2) is 18.2 Å². The fourth-order valence-corrected chi connectivity index (χ4v) is 3.00. The van der Waals surface area contributed by atoms with Gasteiger partial charge in [0.05, 0.1) is 7.11 Å². The Morgan fingerprint density at radius 1 is 1.04 bits per heavy atom. The van der Waals surface area contributed by atoms with E-state index in [2.05, 4.69) is 10.6 Å². The first-order chi connectivity index (χ1) is 13.5. The summed E-state index contributed by atoms with van der Waals surface area (Å²) in [4.78, 5) is 39.9. The zero-order valence-electron chi connectivity index (χ0n) is 16.9. The van der Waals surface area contributed by atoms with E-state index in [0.29, 0.717) is 50.6 Å².